The summed E-state index contributed by atoms with van der Waals surface area (Å²) in [7, 11) is 3.27. The van der Waals surface area contributed by atoms with Crippen molar-refractivity contribution in [1.82, 2.24) is 4.90 Å². The van der Waals surface area contributed by atoms with Crippen LogP contribution in [0.5, 0.6) is 0 Å². The maximum atomic E-state index is 12.4. The lowest BCUT2D eigenvalue weighted by atomic mass is 10.1. The first-order valence-corrected chi connectivity index (χ1v) is 7.80. The van der Waals surface area contributed by atoms with Crippen LogP contribution in [0.2, 0.25) is 0 Å². The molecule has 2 rings (SSSR count). The van der Waals surface area contributed by atoms with E-state index in [9.17, 15) is 9.59 Å². The maximum Gasteiger partial charge on any atom is 0.340 e. The lowest BCUT2D eigenvalue weighted by Gasteiger charge is -2.21. The van der Waals surface area contributed by atoms with E-state index < -0.39 is 12.1 Å². The van der Waals surface area contributed by atoms with Crippen LogP contribution in [0.15, 0.2) is 54.6 Å². The highest BCUT2D eigenvalue weighted by atomic mass is 127. The molecule has 2 aromatic carbocycles. The Kier molecular flexibility index (Phi) is 5.54. The minimum atomic E-state index is -0.945. The molecule has 0 N–H and O–H groups in total. The fraction of sp³-hybridized carbons (Fsp3) is 0.176. The Morgan fingerprint density at radius 2 is 1.59 bits per heavy atom. The summed E-state index contributed by atoms with van der Waals surface area (Å²) in [5.41, 5.74) is 1.11. The molecular weight excluding hydrogens is 393 g/mol. The number of hydrogen-bond donors (Lipinski definition) is 0. The number of hydrogen-bond acceptors (Lipinski definition) is 3. The predicted molar refractivity (Wildman–Crippen MR) is 92.5 cm³/mol. The van der Waals surface area contributed by atoms with Crippen LogP contribution in [-0.2, 0) is 9.53 Å². The number of halogens is 1. The number of esters is 1. The van der Waals surface area contributed by atoms with Gasteiger partial charge in [-0.1, -0.05) is 42.5 Å². The fourth-order valence-corrected chi connectivity index (χ4v) is 2.53. The molecule has 0 aromatic heterocycles. The topological polar surface area (TPSA) is 46.6 Å². The van der Waals surface area contributed by atoms with Gasteiger partial charge in [0.1, 0.15) is 0 Å². The summed E-state index contributed by atoms with van der Waals surface area (Å²) < 4.78 is 6.28. The van der Waals surface area contributed by atoms with Gasteiger partial charge in [-0.05, 0) is 34.7 Å². The van der Waals surface area contributed by atoms with Crippen LogP contribution in [0, 0.1) is 3.57 Å². The van der Waals surface area contributed by atoms with Gasteiger partial charge in [-0.15, -0.1) is 0 Å². The molecule has 0 aliphatic rings. The van der Waals surface area contributed by atoms with E-state index in [1.165, 1.54) is 4.90 Å². The summed E-state index contributed by atoms with van der Waals surface area (Å²) in [6.45, 7) is 0. The van der Waals surface area contributed by atoms with Crippen molar-refractivity contribution in [2.75, 3.05) is 14.1 Å². The SMILES string of the molecule is CN(C)C(=O)[C@@H](OC(=O)c1ccccc1I)c1ccccc1. The molecule has 4 nitrogen and oxygen atoms in total. The van der Waals surface area contributed by atoms with Gasteiger partial charge in [-0.3, -0.25) is 4.79 Å². The number of likely N-dealkylation sites (N-methyl/N-ethyl adjacent to an activating group) is 1. The highest BCUT2D eigenvalue weighted by Gasteiger charge is 2.27. The molecule has 0 fully saturated rings. The van der Waals surface area contributed by atoms with E-state index in [0.29, 0.717) is 11.1 Å². The van der Waals surface area contributed by atoms with Crippen LogP contribution in [0.25, 0.3) is 0 Å². The third-order valence-electron chi connectivity index (χ3n) is 3.09. The quantitative estimate of drug-likeness (QED) is 0.575. The molecular formula is C17H16INO3. The van der Waals surface area contributed by atoms with Crippen molar-refractivity contribution in [2.24, 2.45) is 0 Å². The van der Waals surface area contributed by atoms with E-state index in [0.717, 1.165) is 3.57 Å². The van der Waals surface area contributed by atoms with Gasteiger partial charge in [0.05, 0.1) is 5.56 Å². The van der Waals surface area contributed by atoms with Crippen molar-refractivity contribution in [1.29, 1.82) is 0 Å². The number of ether oxygens (including phenoxy) is 1. The van der Waals surface area contributed by atoms with Gasteiger partial charge in [0.25, 0.3) is 5.91 Å². The van der Waals surface area contributed by atoms with Crippen LogP contribution >= 0.6 is 22.6 Å². The Morgan fingerprint density at radius 1 is 1.00 bits per heavy atom. The van der Waals surface area contributed by atoms with Crippen molar-refractivity contribution in [3.63, 3.8) is 0 Å². The molecule has 0 aliphatic heterocycles. The summed E-state index contributed by atoms with van der Waals surface area (Å²) in [6, 6.07) is 16.1. The molecule has 0 saturated carbocycles. The molecule has 5 heteroatoms. The summed E-state index contributed by atoms with van der Waals surface area (Å²) in [6.07, 6.45) is -0.945. The fourth-order valence-electron chi connectivity index (χ4n) is 1.92. The van der Waals surface area contributed by atoms with Crippen LogP contribution in [-0.4, -0.2) is 30.9 Å². The first kappa shape index (κ1) is 16.5. The number of rotatable bonds is 4. The molecule has 0 heterocycles. The van der Waals surface area contributed by atoms with Gasteiger partial charge in [0, 0.05) is 23.2 Å². The van der Waals surface area contributed by atoms with Gasteiger partial charge in [-0.2, -0.15) is 0 Å². The van der Waals surface area contributed by atoms with E-state index in [1.807, 2.05) is 30.3 Å². The van der Waals surface area contributed by atoms with E-state index >= 15 is 0 Å². The molecule has 0 unspecified atom stereocenters. The molecule has 1 atom stereocenters. The number of carbonyl (C=O) groups is 2. The zero-order chi connectivity index (χ0) is 16.1. The number of nitrogens with zero attached hydrogens (tertiary/aromatic N) is 1. The van der Waals surface area contributed by atoms with Crippen LogP contribution in [0.1, 0.15) is 22.0 Å². The number of carbonyl (C=O) groups excluding carboxylic acids is 2. The monoisotopic (exact) mass is 409 g/mol. The third kappa shape index (κ3) is 3.85. The Hall–Kier alpha value is -1.89. The maximum absolute atomic E-state index is 12.4. The Balaban J connectivity index is 2.29. The Bertz CT molecular complexity index is 671. The summed E-state index contributed by atoms with van der Waals surface area (Å²) in [5.74, 6) is -0.778. The summed E-state index contributed by atoms with van der Waals surface area (Å²) in [5, 5.41) is 0. The second-order valence-corrected chi connectivity index (χ2v) is 6.07. The lowest BCUT2D eigenvalue weighted by Crippen LogP contribution is -2.31. The van der Waals surface area contributed by atoms with Gasteiger partial charge < -0.3 is 9.64 Å². The largest absolute Gasteiger partial charge is 0.444 e. The van der Waals surface area contributed by atoms with Crippen molar-refractivity contribution < 1.29 is 14.3 Å². The zero-order valence-corrected chi connectivity index (χ0v) is 14.5. The van der Waals surface area contributed by atoms with Crippen LogP contribution < -0.4 is 0 Å². The molecule has 2 aromatic rings. The minimum absolute atomic E-state index is 0.273. The lowest BCUT2D eigenvalue weighted by molar-refractivity contribution is -0.138. The number of benzene rings is 2. The molecule has 1 amide bonds. The summed E-state index contributed by atoms with van der Waals surface area (Å²) >= 11 is 2.07. The van der Waals surface area contributed by atoms with E-state index in [1.54, 1.807) is 38.4 Å². The van der Waals surface area contributed by atoms with Crippen molar-refractivity contribution >= 4 is 34.5 Å². The van der Waals surface area contributed by atoms with Gasteiger partial charge in [0.15, 0.2) is 0 Å². The normalized spacial score (nSPS) is 11.6. The minimum Gasteiger partial charge on any atom is -0.444 e. The van der Waals surface area contributed by atoms with E-state index in [2.05, 4.69) is 22.6 Å². The van der Waals surface area contributed by atoms with E-state index in [-0.39, 0.29) is 5.91 Å². The molecule has 0 aliphatic carbocycles. The highest BCUT2D eigenvalue weighted by molar-refractivity contribution is 14.1. The third-order valence-corrected chi connectivity index (χ3v) is 4.03. The molecule has 0 saturated heterocycles. The Morgan fingerprint density at radius 3 is 2.18 bits per heavy atom. The molecule has 0 radical (unpaired) electrons. The average molecular weight is 409 g/mol. The predicted octanol–water partition coefficient (Wildman–Crippen LogP) is 3.28. The van der Waals surface area contributed by atoms with Crippen molar-refractivity contribution in [3.8, 4) is 0 Å². The molecule has 0 spiro atoms. The Labute approximate surface area is 143 Å². The van der Waals surface area contributed by atoms with Crippen LogP contribution in [0.4, 0.5) is 0 Å². The zero-order valence-electron chi connectivity index (χ0n) is 12.3. The molecule has 114 valence electrons. The second-order valence-electron chi connectivity index (χ2n) is 4.91. The summed E-state index contributed by atoms with van der Waals surface area (Å²) in [4.78, 5) is 26.1. The number of amides is 1. The highest BCUT2D eigenvalue weighted by Crippen LogP contribution is 2.22. The van der Waals surface area contributed by atoms with Gasteiger partial charge >= 0.3 is 5.97 Å². The smallest absolute Gasteiger partial charge is 0.340 e. The van der Waals surface area contributed by atoms with Crippen molar-refractivity contribution in [3.05, 3.63) is 69.3 Å². The standard InChI is InChI=1S/C17H16INO3/c1-19(2)16(20)15(12-8-4-3-5-9-12)22-17(21)13-10-6-7-11-14(13)18/h3-11,15H,1-2H3/t15-/m0/s1. The van der Waals surface area contributed by atoms with Gasteiger partial charge in [0.2, 0.25) is 6.10 Å². The molecule has 0 bridgehead atoms. The molecule has 22 heavy (non-hydrogen) atoms. The average Bonchev–Trinajstić information content (AvgIpc) is 2.53. The second kappa shape index (κ2) is 7.40. The first-order chi connectivity index (χ1) is 10.5. The van der Waals surface area contributed by atoms with Crippen molar-refractivity contribution in [2.45, 2.75) is 6.10 Å². The van der Waals surface area contributed by atoms with Crippen LogP contribution in [0.3, 0.4) is 0 Å². The van der Waals surface area contributed by atoms with Gasteiger partial charge in [-0.25, -0.2) is 4.79 Å². The first-order valence-electron chi connectivity index (χ1n) is 6.72. The van der Waals surface area contributed by atoms with E-state index in [4.69, 9.17) is 4.74 Å².